The van der Waals surface area contributed by atoms with Gasteiger partial charge in [-0.25, -0.2) is 0 Å². The van der Waals surface area contributed by atoms with Gasteiger partial charge in [-0.05, 0) is 48.4 Å². The van der Waals surface area contributed by atoms with Gasteiger partial charge in [0.25, 0.3) is 0 Å². The van der Waals surface area contributed by atoms with Crippen LogP contribution in [0.3, 0.4) is 0 Å². The Bertz CT molecular complexity index is 858. The molecule has 2 amide bonds. The van der Waals surface area contributed by atoms with Crippen molar-refractivity contribution in [1.82, 2.24) is 9.80 Å². The van der Waals surface area contributed by atoms with Crippen molar-refractivity contribution < 1.29 is 14.3 Å². The maximum absolute atomic E-state index is 13.0. The molecule has 30 heavy (non-hydrogen) atoms. The average molecular weight is 407 g/mol. The molecule has 5 heteroatoms. The van der Waals surface area contributed by atoms with Crippen molar-refractivity contribution in [3.63, 3.8) is 0 Å². The Labute approximate surface area is 178 Å². The van der Waals surface area contributed by atoms with Crippen LogP contribution < -0.4 is 4.74 Å². The zero-order chi connectivity index (χ0) is 20.9. The van der Waals surface area contributed by atoms with E-state index in [1.54, 1.807) is 7.11 Å². The molecule has 1 atom stereocenters. The number of rotatable bonds is 6. The second kappa shape index (κ2) is 9.33. The summed E-state index contributed by atoms with van der Waals surface area (Å²) in [5, 5.41) is 0. The van der Waals surface area contributed by atoms with Gasteiger partial charge in [0.1, 0.15) is 5.75 Å². The number of likely N-dealkylation sites (tertiary alicyclic amines) is 2. The smallest absolute Gasteiger partial charge is 0.227 e. The number of hydrogen-bond acceptors (Lipinski definition) is 3. The van der Waals surface area contributed by atoms with E-state index in [2.05, 4.69) is 24.3 Å². The number of methoxy groups -OCH3 is 1. The second-order valence-electron chi connectivity index (χ2n) is 8.48. The standard InChI is InChI=1S/C25H30N2O3/c1-30-23-9-7-21(8-10-23)17-27-18-22(16-24(27)28)25(29)26-13-11-20(12-14-26)15-19-5-3-2-4-6-19/h2-10,20,22H,11-18H2,1H3. The van der Waals surface area contributed by atoms with Gasteiger partial charge in [-0.3, -0.25) is 9.59 Å². The highest BCUT2D eigenvalue weighted by Gasteiger charge is 2.37. The van der Waals surface area contributed by atoms with Gasteiger partial charge in [0, 0.05) is 32.6 Å². The molecular weight excluding hydrogens is 376 g/mol. The molecule has 2 fully saturated rings. The summed E-state index contributed by atoms with van der Waals surface area (Å²) < 4.78 is 5.19. The van der Waals surface area contributed by atoms with E-state index in [4.69, 9.17) is 4.74 Å². The molecule has 0 N–H and O–H groups in total. The topological polar surface area (TPSA) is 49.9 Å². The van der Waals surface area contributed by atoms with Crippen molar-refractivity contribution >= 4 is 11.8 Å². The Morgan fingerprint density at radius 3 is 2.37 bits per heavy atom. The Morgan fingerprint density at radius 2 is 1.70 bits per heavy atom. The van der Waals surface area contributed by atoms with Crippen LogP contribution in [0.5, 0.6) is 5.75 Å². The molecule has 2 saturated heterocycles. The zero-order valence-corrected chi connectivity index (χ0v) is 17.6. The van der Waals surface area contributed by atoms with Crippen molar-refractivity contribution in [2.45, 2.75) is 32.2 Å². The third-order valence-corrected chi connectivity index (χ3v) is 6.39. The van der Waals surface area contributed by atoms with Crippen molar-refractivity contribution in [1.29, 1.82) is 0 Å². The Kier molecular flexibility index (Phi) is 6.36. The summed E-state index contributed by atoms with van der Waals surface area (Å²) in [7, 11) is 1.64. The first kappa shape index (κ1) is 20.5. The molecule has 5 nitrogen and oxygen atoms in total. The van der Waals surface area contributed by atoms with Crippen LogP contribution in [0.15, 0.2) is 54.6 Å². The number of piperidine rings is 1. The van der Waals surface area contributed by atoms with Crippen LogP contribution >= 0.6 is 0 Å². The second-order valence-corrected chi connectivity index (χ2v) is 8.48. The van der Waals surface area contributed by atoms with Gasteiger partial charge in [0.05, 0.1) is 13.0 Å². The highest BCUT2D eigenvalue weighted by atomic mass is 16.5. The van der Waals surface area contributed by atoms with Crippen LogP contribution in [-0.2, 0) is 22.6 Å². The molecule has 0 aromatic heterocycles. The summed E-state index contributed by atoms with van der Waals surface area (Å²) in [4.78, 5) is 29.3. The van der Waals surface area contributed by atoms with Gasteiger partial charge < -0.3 is 14.5 Å². The molecule has 0 radical (unpaired) electrons. The lowest BCUT2D eigenvalue weighted by molar-refractivity contribution is -0.137. The maximum atomic E-state index is 13.0. The van der Waals surface area contributed by atoms with E-state index < -0.39 is 0 Å². The molecule has 2 aromatic rings. The van der Waals surface area contributed by atoms with E-state index >= 15 is 0 Å². The van der Waals surface area contributed by atoms with Gasteiger partial charge >= 0.3 is 0 Å². The van der Waals surface area contributed by atoms with E-state index in [1.165, 1.54) is 5.56 Å². The number of benzene rings is 2. The van der Waals surface area contributed by atoms with E-state index in [0.29, 0.717) is 25.4 Å². The summed E-state index contributed by atoms with van der Waals surface area (Å²) in [5.41, 5.74) is 2.43. The van der Waals surface area contributed by atoms with Crippen molar-refractivity contribution in [3.8, 4) is 5.75 Å². The van der Waals surface area contributed by atoms with Crippen LogP contribution in [0.2, 0.25) is 0 Å². The Hall–Kier alpha value is -2.82. The summed E-state index contributed by atoms with van der Waals surface area (Å²) in [6.07, 6.45) is 3.49. The molecule has 2 aliphatic rings. The van der Waals surface area contributed by atoms with E-state index in [9.17, 15) is 9.59 Å². The van der Waals surface area contributed by atoms with Gasteiger partial charge in [-0.1, -0.05) is 42.5 Å². The van der Waals surface area contributed by atoms with Crippen LogP contribution in [0.25, 0.3) is 0 Å². The zero-order valence-electron chi connectivity index (χ0n) is 17.6. The molecular formula is C25H30N2O3. The highest BCUT2D eigenvalue weighted by molar-refractivity contribution is 5.89. The number of hydrogen-bond donors (Lipinski definition) is 0. The summed E-state index contributed by atoms with van der Waals surface area (Å²) >= 11 is 0. The minimum Gasteiger partial charge on any atom is -0.497 e. The van der Waals surface area contributed by atoms with Gasteiger partial charge in [0.2, 0.25) is 11.8 Å². The lowest BCUT2D eigenvalue weighted by Gasteiger charge is -2.33. The van der Waals surface area contributed by atoms with Crippen LogP contribution in [0.4, 0.5) is 0 Å². The van der Waals surface area contributed by atoms with Crippen molar-refractivity contribution in [2.24, 2.45) is 11.8 Å². The van der Waals surface area contributed by atoms with Crippen molar-refractivity contribution in [3.05, 3.63) is 65.7 Å². The predicted molar refractivity (Wildman–Crippen MR) is 116 cm³/mol. The molecule has 0 spiro atoms. The number of nitrogens with zero attached hydrogens (tertiary/aromatic N) is 2. The quantitative estimate of drug-likeness (QED) is 0.738. The normalized spacial score (nSPS) is 19.9. The molecule has 2 heterocycles. The molecule has 0 saturated carbocycles. The van der Waals surface area contributed by atoms with E-state index in [0.717, 1.165) is 43.7 Å². The molecule has 158 valence electrons. The molecule has 0 aliphatic carbocycles. The minimum atomic E-state index is -0.207. The number of ether oxygens (including phenoxy) is 1. The summed E-state index contributed by atoms with van der Waals surface area (Å²) in [6.45, 7) is 2.68. The van der Waals surface area contributed by atoms with Gasteiger partial charge in [-0.15, -0.1) is 0 Å². The molecule has 4 rings (SSSR count). The average Bonchev–Trinajstić information content (AvgIpc) is 3.15. The van der Waals surface area contributed by atoms with Crippen LogP contribution in [0, 0.1) is 11.8 Å². The van der Waals surface area contributed by atoms with E-state index in [1.807, 2.05) is 40.1 Å². The fraction of sp³-hybridized carbons (Fsp3) is 0.440. The lowest BCUT2D eigenvalue weighted by atomic mass is 9.89. The Balaban J connectivity index is 1.27. The van der Waals surface area contributed by atoms with Crippen molar-refractivity contribution in [2.75, 3.05) is 26.7 Å². The largest absolute Gasteiger partial charge is 0.497 e. The van der Waals surface area contributed by atoms with E-state index in [-0.39, 0.29) is 17.7 Å². The monoisotopic (exact) mass is 406 g/mol. The predicted octanol–water partition coefficient (Wildman–Crippen LogP) is 3.53. The van der Waals surface area contributed by atoms with Gasteiger partial charge in [-0.2, -0.15) is 0 Å². The highest BCUT2D eigenvalue weighted by Crippen LogP contribution is 2.27. The Morgan fingerprint density at radius 1 is 1.00 bits per heavy atom. The third kappa shape index (κ3) is 4.84. The summed E-state index contributed by atoms with van der Waals surface area (Å²) in [6, 6.07) is 18.3. The first-order valence-electron chi connectivity index (χ1n) is 10.9. The first-order chi connectivity index (χ1) is 14.6. The molecule has 2 aromatic carbocycles. The summed E-state index contributed by atoms with van der Waals surface area (Å²) in [5.74, 6) is 1.45. The lowest BCUT2D eigenvalue weighted by Crippen LogP contribution is -2.42. The molecule has 2 aliphatic heterocycles. The first-order valence-corrected chi connectivity index (χ1v) is 10.9. The number of amides is 2. The van der Waals surface area contributed by atoms with Gasteiger partial charge in [0.15, 0.2) is 0 Å². The number of carbonyl (C=O) groups excluding carboxylic acids is 2. The molecule has 0 bridgehead atoms. The fourth-order valence-corrected chi connectivity index (χ4v) is 4.60. The van der Waals surface area contributed by atoms with Crippen LogP contribution in [0.1, 0.15) is 30.4 Å². The minimum absolute atomic E-state index is 0.0723. The SMILES string of the molecule is COc1ccc(CN2CC(C(=O)N3CCC(Cc4ccccc4)CC3)CC2=O)cc1. The number of carbonyl (C=O) groups is 2. The fourth-order valence-electron chi connectivity index (χ4n) is 4.60. The maximum Gasteiger partial charge on any atom is 0.227 e. The van der Waals surface area contributed by atoms with Crippen LogP contribution in [-0.4, -0.2) is 48.4 Å². The third-order valence-electron chi connectivity index (χ3n) is 6.39. The molecule has 1 unspecified atom stereocenters.